The van der Waals surface area contributed by atoms with Crippen LogP contribution in [-0.4, -0.2) is 57.2 Å². The van der Waals surface area contributed by atoms with Crippen LogP contribution in [0.25, 0.3) is 0 Å². The van der Waals surface area contributed by atoms with Crippen LogP contribution in [-0.2, 0) is 10.0 Å². The fraction of sp³-hybridized carbons (Fsp3) is 0.929. The van der Waals surface area contributed by atoms with Crippen molar-refractivity contribution in [1.82, 2.24) is 14.9 Å². The van der Waals surface area contributed by atoms with Crippen molar-refractivity contribution in [1.29, 1.82) is 0 Å². The summed E-state index contributed by atoms with van der Waals surface area (Å²) < 4.78 is 24.9. The topological polar surface area (TPSA) is 73.8 Å². The molecular weight excluding hydrogens is 288 g/mol. The van der Waals surface area contributed by atoms with Crippen molar-refractivity contribution in [3.05, 3.63) is 0 Å². The lowest BCUT2D eigenvalue weighted by Gasteiger charge is -2.16. The van der Waals surface area contributed by atoms with Crippen LogP contribution in [0.15, 0.2) is 4.99 Å². The first-order chi connectivity index (χ1) is 10.1. The lowest BCUT2D eigenvalue weighted by atomic mass is 10.2. The van der Waals surface area contributed by atoms with E-state index in [0.29, 0.717) is 25.4 Å². The maximum atomic E-state index is 11.7. The summed E-state index contributed by atoms with van der Waals surface area (Å²) in [4.78, 5) is 4.51. The predicted octanol–water partition coefficient (Wildman–Crippen LogP) is 1.16. The van der Waals surface area contributed by atoms with Crippen molar-refractivity contribution in [3.63, 3.8) is 0 Å². The molecule has 1 fully saturated rings. The fourth-order valence-corrected chi connectivity index (χ4v) is 3.84. The monoisotopic (exact) mass is 318 g/mol. The number of hydrogen-bond acceptors (Lipinski definition) is 3. The molecule has 1 aliphatic rings. The molecule has 1 rings (SSSR count). The molecule has 1 aliphatic heterocycles. The van der Waals surface area contributed by atoms with Crippen molar-refractivity contribution in [2.24, 2.45) is 4.99 Å². The normalized spacial score (nSPS) is 18.9. The summed E-state index contributed by atoms with van der Waals surface area (Å²) in [7, 11) is -2.99. The maximum Gasteiger partial charge on any atom is 0.214 e. The van der Waals surface area contributed by atoms with Gasteiger partial charge in [0.25, 0.3) is 0 Å². The average Bonchev–Trinajstić information content (AvgIpc) is 2.77. The van der Waals surface area contributed by atoms with Gasteiger partial charge in [0.1, 0.15) is 0 Å². The summed E-state index contributed by atoms with van der Waals surface area (Å²) in [5, 5.41) is 6.40. The van der Waals surface area contributed by atoms with Crippen LogP contribution >= 0.6 is 0 Å². The van der Waals surface area contributed by atoms with Gasteiger partial charge in [0.15, 0.2) is 5.96 Å². The number of aliphatic imine (C=N–C) groups is 1. The van der Waals surface area contributed by atoms with Gasteiger partial charge in [0.05, 0.1) is 5.75 Å². The van der Waals surface area contributed by atoms with E-state index in [1.165, 1.54) is 19.3 Å². The molecule has 0 aromatic heterocycles. The van der Waals surface area contributed by atoms with Gasteiger partial charge in [0, 0.05) is 32.7 Å². The van der Waals surface area contributed by atoms with E-state index in [4.69, 9.17) is 0 Å². The highest BCUT2D eigenvalue weighted by atomic mass is 32.2. The molecule has 2 N–H and O–H groups in total. The number of guanidine groups is 1. The highest BCUT2D eigenvalue weighted by molar-refractivity contribution is 7.89. The SMILES string of the molecule is CCCCCCN=C(NCC)NCCN1CCCS1(=O)=O. The molecule has 0 aromatic rings. The Bertz CT molecular complexity index is 409. The zero-order valence-electron chi connectivity index (χ0n) is 13.4. The first-order valence-corrected chi connectivity index (χ1v) is 9.71. The smallest absolute Gasteiger partial charge is 0.214 e. The Morgan fingerprint density at radius 1 is 1.19 bits per heavy atom. The van der Waals surface area contributed by atoms with Gasteiger partial charge in [-0.05, 0) is 19.8 Å². The van der Waals surface area contributed by atoms with Crippen molar-refractivity contribution in [2.75, 3.05) is 38.5 Å². The van der Waals surface area contributed by atoms with E-state index in [9.17, 15) is 8.42 Å². The Labute approximate surface area is 129 Å². The van der Waals surface area contributed by atoms with Crippen LogP contribution < -0.4 is 10.6 Å². The molecule has 0 radical (unpaired) electrons. The second-order valence-corrected chi connectivity index (χ2v) is 7.41. The predicted molar refractivity (Wildman–Crippen MR) is 88.1 cm³/mol. The molecule has 1 saturated heterocycles. The zero-order valence-corrected chi connectivity index (χ0v) is 14.2. The third-order valence-electron chi connectivity index (χ3n) is 3.48. The summed E-state index contributed by atoms with van der Waals surface area (Å²) in [5.41, 5.74) is 0. The van der Waals surface area contributed by atoms with E-state index in [1.807, 2.05) is 6.92 Å². The van der Waals surface area contributed by atoms with Crippen LogP contribution in [0.4, 0.5) is 0 Å². The fourth-order valence-electron chi connectivity index (χ4n) is 2.31. The molecule has 0 amide bonds. The minimum absolute atomic E-state index is 0.290. The second-order valence-electron chi connectivity index (χ2n) is 5.32. The zero-order chi connectivity index (χ0) is 15.6. The molecule has 6 nitrogen and oxygen atoms in total. The molecule has 0 spiro atoms. The minimum atomic E-state index is -2.99. The number of sulfonamides is 1. The number of unbranched alkanes of at least 4 members (excludes halogenated alkanes) is 3. The molecule has 0 aliphatic carbocycles. The average molecular weight is 318 g/mol. The Hall–Kier alpha value is -0.820. The number of rotatable bonds is 9. The van der Waals surface area contributed by atoms with Gasteiger partial charge >= 0.3 is 0 Å². The molecule has 1 heterocycles. The van der Waals surface area contributed by atoms with Gasteiger partial charge in [-0.1, -0.05) is 26.2 Å². The highest BCUT2D eigenvalue weighted by Crippen LogP contribution is 2.11. The van der Waals surface area contributed by atoms with Gasteiger partial charge in [-0.2, -0.15) is 0 Å². The number of nitrogens with one attached hydrogen (secondary N) is 2. The summed E-state index contributed by atoms with van der Waals surface area (Å²) in [6.45, 7) is 7.61. The molecule has 0 bridgehead atoms. The highest BCUT2D eigenvalue weighted by Gasteiger charge is 2.27. The molecule has 21 heavy (non-hydrogen) atoms. The standard InChI is InChI=1S/C14H30N4O2S/c1-3-5-6-7-9-16-14(15-4-2)17-10-12-18-11-8-13-21(18,19)20/h3-13H2,1-2H3,(H2,15,16,17). The molecule has 0 saturated carbocycles. The van der Waals surface area contributed by atoms with Gasteiger partial charge < -0.3 is 10.6 Å². The molecule has 0 atom stereocenters. The molecule has 0 unspecified atom stereocenters. The van der Waals surface area contributed by atoms with E-state index < -0.39 is 10.0 Å². The van der Waals surface area contributed by atoms with E-state index in [-0.39, 0.29) is 0 Å². The molecular formula is C14H30N4O2S. The number of nitrogens with zero attached hydrogens (tertiary/aromatic N) is 2. The summed E-state index contributed by atoms with van der Waals surface area (Å²) in [6, 6.07) is 0. The van der Waals surface area contributed by atoms with Crippen molar-refractivity contribution in [2.45, 2.75) is 46.0 Å². The molecule has 7 heteroatoms. The minimum Gasteiger partial charge on any atom is -0.357 e. The first kappa shape index (κ1) is 18.2. The van der Waals surface area contributed by atoms with E-state index in [0.717, 1.165) is 31.9 Å². The lowest BCUT2D eigenvalue weighted by Crippen LogP contribution is -2.42. The summed E-state index contributed by atoms with van der Waals surface area (Å²) in [6.07, 6.45) is 5.54. The van der Waals surface area contributed by atoms with Crippen molar-refractivity contribution >= 4 is 16.0 Å². The summed E-state index contributed by atoms with van der Waals surface area (Å²) >= 11 is 0. The Kier molecular flexibility index (Phi) is 8.68. The van der Waals surface area contributed by atoms with Gasteiger partial charge in [-0.15, -0.1) is 0 Å². The van der Waals surface area contributed by atoms with E-state index >= 15 is 0 Å². The van der Waals surface area contributed by atoms with Gasteiger partial charge in [-0.25, -0.2) is 12.7 Å². The van der Waals surface area contributed by atoms with Crippen LogP contribution in [0.5, 0.6) is 0 Å². The Balaban J connectivity index is 2.28. The van der Waals surface area contributed by atoms with E-state index in [1.54, 1.807) is 4.31 Å². The largest absolute Gasteiger partial charge is 0.357 e. The second kappa shape index (κ2) is 10.00. The van der Waals surface area contributed by atoms with Gasteiger partial charge in [-0.3, -0.25) is 4.99 Å². The number of hydrogen-bond donors (Lipinski definition) is 2. The first-order valence-electron chi connectivity index (χ1n) is 8.10. The van der Waals surface area contributed by atoms with Crippen LogP contribution in [0.2, 0.25) is 0 Å². The Morgan fingerprint density at radius 3 is 2.62 bits per heavy atom. The van der Waals surface area contributed by atoms with Crippen molar-refractivity contribution in [3.8, 4) is 0 Å². The lowest BCUT2D eigenvalue weighted by molar-refractivity contribution is 0.445. The van der Waals surface area contributed by atoms with Gasteiger partial charge in [0.2, 0.25) is 10.0 Å². The summed E-state index contributed by atoms with van der Waals surface area (Å²) in [5.74, 6) is 1.07. The molecule has 0 aromatic carbocycles. The Morgan fingerprint density at radius 2 is 2.00 bits per heavy atom. The van der Waals surface area contributed by atoms with E-state index in [2.05, 4.69) is 22.5 Å². The van der Waals surface area contributed by atoms with Crippen LogP contribution in [0, 0.1) is 0 Å². The third-order valence-corrected chi connectivity index (χ3v) is 5.44. The maximum absolute atomic E-state index is 11.7. The van der Waals surface area contributed by atoms with Crippen molar-refractivity contribution < 1.29 is 8.42 Å². The molecule has 124 valence electrons. The van der Waals surface area contributed by atoms with Crippen LogP contribution in [0.3, 0.4) is 0 Å². The van der Waals surface area contributed by atoms with Crippen LogP contribution in [0.1, 0.15) is 46.0 Å². The third kappa shape index (κ3) is 7.13. The quantitative estimate of drug-likeness (QED) is 0.380.